The highest BCUT2D eigenvalue weighted by molar-refractivity contribution is 7.13. The van der Waals surface area contributed by atoms with Gasteiger partial charge < -0.3 is 25.6 Å². The number of ketones is 1. The number of hydrogen-bond donors (Lipinski definition) is 3. The third-order valence-electron chi connectivity index (χ3n) is 6.75. The SMILES string of the molecule is CCN1CCN(C(=O)N[C@](C)(C(=O)C[C@H]2Cc3cccc(C)c3OB2O)c2csc(N)n2)C(=O)C1=O. The molecule has 3 heterocycles. The number of fused-ring (bicyclic) bond motifs is 1. The zero-order valence-corrected chi connectivity index (χ0v) is 21.1. The van der Waals surface area contributed by atoms with E-state index in [9.17, 15) is 24.2 Å². The first-order valence-corrected chi connectivity index (χ1v) is 12.5. The Labute approximate surface area is 212 Å². The number of piperazine rings is 1. The number of aryl methyl sites for hydroxylation is 1. The Hall–Kier alpha value is -3.45. The lowest BCUT2D eigenvalue weighted by Gasteiger charge is -2.36. The summed E-state index contributed by atoms with van der Waals surface area (Å²) in [4.78, 5) is 58.0. The van der Waals surface area contributed by atoms with Crippen molar-refractivity contribution in [2.75, 3.05) is 25.4 Å². The number of nitrogen functional groups attached to an aromatic ring is 1. The number of carbonyl (C=O) groups is 4. The lowest BCUT2D eigenvalue weighted by molar-refractivity contribution is -0.153. The van der Waals surface area contributed by atoms with Crippen LogP contribution in [-0.2, 0) is 26.3 Å². The molecule has 0 radical (unpaired) electrons. The van der Waals surface area contributed by atoms with Crippen LogP contribution in [0.25, 0.3) is 0 Å². The van der Waals surface area contributed by atoms with Gasteiger partial charge in [0.25, 0.3) is 0 Å². The van der Waals surface area contributed by atoms with Gasteiger partial charge in [-0.2, -0.15) is 0 Å². The number of nitrogens with two attached hydrogens (primary N) is 1. The lowest BCUT2D eigenvalue weighted by atomic mass is 9.63. The number of anilines is 1. The van der Waals surface area contributed by atoms with Crippen LogP contribution >= 0.6 is 11.3 Å². The van der Waals surface area contributed by atoms with E-state index in [2.05, 4.69) is 10.3 Å². The van der Waals surface area contributed by atoms with Crippen molar-refractivity contribution in [2.45, 2.75) is 45.0 Å². The fraction of sp³-hybridized carbons (Fsp3) is 0.435. The quantitative estimate of drug-likeness (QED) is 0.383. The van der Waals surface area contributed by atoms with E-state index in [0.29, 0.717) is 18.7 Å². The summed E-state index contributed by atoms with van der Waals surface area (Å²) in [6.45, 7) is 5.65. The van der Waals surface area contributed by atoms with E-state index in [4.69, 9.17) is 10.4 Å². The molecule has 4 N–H and O–H groups in total. The average molecular weight is 513 g/mol. The average Bonchev–Trinajstić information content (AvgIpc) is 3.28. The second-order valence-corrected chi connectivity index (χ2v) is 10.0. The summed E-state index contributed by atoms with van der Waals surface area (Å²) in [5.41, 5.74) is 6.10. The van der Waals surface area contributed by atoms with Crippen LogP contribution < -0.4 is 15.7 Å². The summed E-state index contributed by atoms with van der Waals surface area (Å²) in [7, 11) is -1.22. The van der Waals surface area contributed by atoms with Gasteiger partial charge in [0.2, 0.25) is 0 Å². The largest absolute Gasteiger partial charge is 0.536 e. The molecule has 13 heteroatoms. The predicted octanol–water partition coefficient (Wildman–Crippen LogP) is 1.09. The molecule has 0 saturated carbocycles. The van der Waals surface area contributed by atoms with E-state index in [-0.39, 0.29) is 30.3 Å². The van der Waals surface area contributed by atoms with Crippen LogP contribution in [0.4, 0.5) is 9.93 Å². The van der Waals surface area contributed by atoms with E-state index in [1.54, 1.807) is 12.3 Å². The molecule has 1 aromatic heterocycles. The minimum absolute atomic E-state index is 0.000957. The Balaban J connectivity index is 1.57. The third-order valence-corrected chi connectivity index (χ3v) is 7.42. The number of benzene rings is 1. The molecule has 190 valence electrons. The van der Waals surface area contributed by atoms with Gasteiger partial charge in [0, 0.05) is 37.3 Å². The minimum atomic E-state index is -1.66. The minimum Gasteiger partial charge on any atom is -0.536 e. The van der Waals surface area contributed by atoms with Crippen LogP contribution in [0.3, 0.4) is 0 Å². The van der Waals surface area contributed by atoms with Crippen LogP contribution in [0.1, 0.15) is 37.1 Å². The zero-order chi connectivity index (χ0) is 26.2. The van der Waals surface area contributed by atoms with Crippen LogP contribution in [0, 0.1) is 6.92 Å². The third kappa shape index (κ3) is 4.68. The first kappa shape index (κ1) is 25.6. The molecular formula is C23H28BN5O6S. The van der Waals surface area contributed by atoms with Crippen molar-refractivity contribution in [1.29, 1.82) is 0 Å². The molecule has 11 nitrogen and oxygen atoms in total. The number of thiazole rings is 1. The number of nitrogens with one attached hydrogen (secondary N) is 1. The number of para-hydroxylation sites is 1. The molecule has 1 aromatic carbocycles. The van der Waals surface area contributed by atoms with E-state index < -0.39 is 42.1 Å². The summed E-state index contributed by atoms with van der Waals surface area (Å²) in [5, 5.41) is 15.0. The van der Waals surface area contributed by atoms with Crippen molar-refractivity contribution in [3.05, 3.63) is 40.4 Å². The van der Waals surface area contributed by atoms with Gasteiger partial charge in [0.1, 0.15) is 11.3 Å². The van der Waals surface area contributed by atoms with Gasteiger partial charge in [-0.05, 0) is 38.3 Å². The van der Waals surface area contributed by atoms with E-state index in [1.165, 1.54) is 11.8 Å². The van der Waals surface area contributed by atoms with Gasteiger partial charge in [0.05, 0.1) is 5.69 Å². The first-order chi connectivity index (χ1) is 17.0. The number of nitrogens with zero attached hydrogens (tertiary/aromatic N) is 3. The molecule has 0 unspecified atom stereocenters. The Morgan fingerprint density at radius 3 is 2.75 bits per heavy atom. The molecule has 0 aliphatic carbocycles. The van der Waals surface area contributed by atoms with Gasteiger partial charge >= 0.3 is 25.0 Å². The number of amides is 4. The molecule has 4 rings (SSSR count). The number of likely N-dealkylation sites (N-methyl/N-ethyl adjacent to an activating group) is 1. The van der Waals surface area contributed by atoms with Gasteiger partial charge in [-0.25, -0.2) is 9.78 Å². The maximum absolute atomic E-state index is 13.7. The fourth-order valence-corrected chi connectivity index (χ4v) is 5.18. The van der Waals surface area contributed by atoms with E-state index in [1.807, 2.05) is 25.1 Å². The second kappa shape index (κ2) is 9.90. The highest BCUT2D eigenvalue weighted by atomic mass is 32.1. The Kier molecular flexibility index (Phi) is 7.05. The second-order valence-electron chi connectivity index (χ2n) is 9.13. The standard InChI is InChI=1S/C23H28BN5O6S/c1-4-28-8-9-29(20(32)19(28)31)22(33)27-23(3,16-12-36-21(25)26-16)17(30)11-15-10-14-7-5-6-13(2)18(14)35-24(15)34/h5-7,12,15,34H,4,8-11H2,1-3H3,(H2,25,26)(H,27,33)/t15-,23+/m1/s1. The van der Waals surface area contributed by atoms with Gasteiger partial charge in [-0.15, -0.1) is 11.3 Å². The summed E-state index contributed by atoms with van der Waals surface area (Å²) < 4.78 is 5.71. The Morgan fingerprint density at radius 1 is 1.33 bits per heavy atom. The highest BCUT2D eigenvalue weighted by Gasteiger charge is 2.46. The van der Waals surface area contributed by atoms with Gasteiger partial charge in [0.15, 0.2) is 10.9 Å². The number of Topliss-reactive ketones (excluding diaryl/α,β-unsaturated/α-hetero) is 1. The molecular weight excluding hydrogens is 485 g/mol. The number of aromatic nitrogens is 1. The van der Waals surface area contributed by atoms with Crippen molar-refractivity contribution in [2.24, 2.45) is 0 Å². The van der Waals surface area contributed by atoms with Crippen molar-refractivity contribution >= 4 is 47.2 Å². The van der Waals surface area contributed by atoms with Gasteiger partial charge in [-0.3, -0.25) is 19.3 Å². The number of urea groups is 1. The maximum Gasteiger partial charge on any atom is 0.526 e. The first-order valence-electron chi connectivity index (χ1n) is 11.7. The zero-order valence-electron chi connectivity index (χ0n) is 20.3. The Bertz CT molecular complexity index is 1220. The smallest absolute Gasteiger partial charge is 0.526 e. The molecule has 36 heavy (non-hydrogen) atoms. The summed E-state index contributed by atoms with van der Waals surface area (Å²) in [5.74, 6) is -2.16. The number of carbonyl (C=O) groups excluding carboxylic acids is 4. The normalized spacial score (nSPS) is 19.4. The van der Waals surface area contributed by atoms with Crippen LogP contribution in [0.2, 0.25) is 5.82 Å². The molecule has 2 aromatic rings. The molecule has 0 bridgehead atoms. The highest BCUT2D eigenvalue weighted by Crippen LogP contribution is 2.38. The van der Waals surface area contributed by atoms with Crippen LogP contribution in [-0.4, -0.2) is 70.2 Å². The summed E-state index contributed by atoms with van der Waals surface area (Å²) >= 11 is 1.10. The van der Waals surface area contributed by atoms with E-state index >= 15 is 0 Å². The van der Waals surface area contributed by atoms with Crippen LogP contribution in [0.5, 0.6) is 5.75 Å². The van der Waals surface area contributed by atoms with Gasteiger partial charge in [-0.1, -0.05) is 18.2 Å². The van der Waals surface area contributed by atoms with E-state index in [0.717, 1.165) is 27.4 Å². The number of imide groups is 1. The number of hydrogen-bond acceptors (Lipinski definition) is 9. The summed E-state index contributed by atoms with van der Waals surface area (Å²) in [6.07, 6.45) is 0.262. The molecule has 2 atom stereocenters. The maximum atomic E-state index is 13.7. The molecule has 2 aliphatic rings. The van der Waals surface area contributed by atoms with Crippen molar-refractivity contribution in [1.82, 2.24) is 20.1 Å². The molecule has 4 amide bonds. The Morgan fingerprint density at radius 2 is 2.08 bits per heavy atom. The van der Waals surface area contributed by atoms with Crippen LogP contribution in [0.15, 0.2) is 23.6 Å². The topological polar surface area (TPSA) is 155 Å². The molecule has 1 fully saturated rings. The molecule has 0 spiro atoms. The monoisotopic (exact) mass is 513 g/mol. The summed E-state index contributed by atoms with van der Waals surface area (Å²) in [6, 6.07) is 4.76. The molecule has 2 aliphatic heterocycles. The lowest BCUT2D eigenvalue weighted by Crippen LogP contribution is -2.61. The van der Waals surface area contributed by atoms with Crippen molar-refractivity contribution < 1.29 is 28.9 Å². The predicted molar refractivity (Wildman–Crippen MR) is 133 cm³/mol. The number of rotatable bonds is 6. The molecule has 1 saturated heterocycles. The fourth-order valence-electron chi connectivity index (χ4n) is 4.50. The van der Waals surface area contributed by atoms with Crippen molar-refractivity contribution in [3.63, 3.8) is 0 Å². The van der Waals surface area contributed by atoms with Crippen molar-refractivity contribution in [3.8, 4) is 5.75 Å².